The van der Waals surface area contributed by atoms with E-state index >= 15 is 0 Å². The van der Waals surface area contributed by atoms with Gasteiger partial charge in [-0.25, -0.2) is 0 Å². The number of nitrogens with two attached hydrogens (primary N) is 2. The lowest BCUT2D eigenvalue weighted by Crippen LogP contribution is -2.48. The van der Waals surface area contributed by atoms with Gasteiger partial charge in [0.15, 0.2) is 5.78 Å². The van der Waals surface area contributed by atoms with Crippen molar-refractivity contribution in [1.29, 1.82) is 0 Å². The number of hydrogen-bond donors (Lipinski definition) is 2. The second-order valence-corrected chi connectivity index (χ2v) is 3.62. The Hall–Kier alpha value is -1.42. The van der Waals surface area contributed by atoms with Crippen molar-refractivity contribution >= 4 is 11.6 Å². The van der Waals surface area contributed by atoms with E-state index in [1.54, 1.807) is 18.2 Å². The molecule has 0 aromatic carbocycles. The van der Waals surface area contributed by atoms with Crippen LogP contribution in [-0.4, -0.2) is 17.1 Å². The molecule has 4 N–H and O–H groups in total. The molecule has 0 fully saturated rings. The minimum absolute atomic E-state index is 0.131. The average Bonchev–Trinajstić information content (AvgIpc) is 2.02. The summed E-state index contributed by atoms with van der Waals surface area (Å²) in [6.07, 6.45) is 5.10. The van der Waals surface area contributed by atoms with Crippen LogP contribution in [0.5, 0.6) is 0 Å². The number of carbonyl (C=O) groups is 2. The van der Waals surface area contributed by atoms with E-state index in [2.05, 4.69) is 0 Å². The molecule has 1 atom stereocenters. The number of allylic oxidation sites excluding steroid dienone is 2. The molecule has 0 saturated heterocycles. The summed E-state index contributed by atoms with van der Waals surface area (Å²) in [6, 6.07) is 0. The lowest BCUT2D eigenvalue weighted by atomic mass is 9.84. The summed E-state index contributed by atoms with van der Waals surface area (Å²) in [5.74, 6) is -0.460. The normalized spacial score (nSPS) is 25.7. The molecule has 0 aromatic rings. The van der Waals surface area contributed by atoms with Crippen LogP contribution in [-0.2, 0) is 9.59 Å². The predicted octanol–water partition coefficient (Wildman–Crippen LogP) is 0.0346. The maximum Gasteiger partial charge on any atom is 0.164 e. The van der Waals surface area contributed by atoms with Crippen LogP contribution in [0.15, 0.2) is 23.9 Å². The molecule has 4 nitrogen and oxygen atoms in total. The van der Waals surface area contributed by atoms with Crippen LogP contribution in [0.1, 0.15) is 19.8 Å². The van der Waals surface area contributed by atoms with E-state index in [9.17, 15) is 9.59 Å². The van der Waals surface area contributed by atoms with Crippen LogP contribution >= 0.6 is 0 Å². The Morgan fingerprint density at radius 2 is 2.21 bits per heavy atom. The molecular formula is C10H14N2O2. The van der Waals surface area contributed by atoms with Gasteiger partial charge in [-0.15, -0.1) is 0 Å². The molecule has 0 radical (unpaired) electrons. The third-order valence-corrected chi connectivity index (χ3v) is 2.13. The first-order valence-electron chi connectivity index (χ1n) is 4.39. The van der Waals surface area contributed by atoms with E-state index in [0.29, 0.717) is 5.70 Å². The van der Waals surface area contributed by atoms with Crippen molar-refractivity contribution < 1.29 is 9.59 Å². The first-order chi connectivity index (χ1) is 6.44. The van der Waals surface area contributed by atoms with E-state index in [1.165, 1.54) is 6.92 Å². The van der Waals surface area contributed by atoms with E-state index in [-0.39, 0.29) is 24.4 Å². The van der Waals surface area contributed by atoms with Crippen LogP contribution in [0, 0.1) is 0 Å². The van der Waals surface area contributed by atoms with Gasteiger partial charge in [-0.2, -0.15) is 0 Å². The standard InChI is InChI=1S/C10H14N2O2/c1-7(13)5-9(14)10(12)4-2-3-8(11)6-10/h2-4H,5-6,11-12H2,1H3. The van der Waals surface area contributed by atoms with E-state index in [0.717, 1.165) is 0 Å². The van der Waals surface area contributed by atoms with Gasteiger partial charge in [-0.05, 0) is 13.0 Å². The molecule has 1 aliphatic carbocycles. The van der Waals surface area contributed by atoms with Crippen molar-refractivity contribution in [2.45, 2.75) is 25.3 Å². The second-order valence-electron chi connectivity index (χ2n) is 3.62. The van der Waals surface area contributed by atoms with Crippen LogP contribution < -0.4 is 11.5 Å². The van der Waals surface area contributed by atoms with Crippen molar-refractivity contribution in [2.75, 3.05) is 0 Å². The summed E-state index contributed by atoms with van der Waals surface area (Å²) >= 11 is 0. The smallest absolute Gasteiger partial charge is 0.164 e. The SMILES string of the molecule is CC(=O)CC(=O)C1(N)C=CC=C(N)C1. The first kappa shape index (κ1) is 10.7. The monoisotopic (exact) mass is 194 g/mol. The molecule has 0 heterocycles. The van der Waals surface area contributed by atoms with Gasteiger partial charge < -0.3 is 11.5 Å². The average molecular weight is 194 g/mol. The number of carbonyl (C=O) groups excluding carboxylic acids is 2. The predicted molar refractivity (Wildman–Crippen MR) is 53.3 cm³/mol. The molecule has 0 aromatic heterocycles. The molecule has 1 rings (SSSR count). The third-order valence-electron chi connectivity index (χ3n) is 2.13. The summed E-state index contributed by atoms with van der Waals surface area (Å²) in [5.41, 5.74) is 10.9. The summed E-state index contributed by atoms with van der Waals surface area (Å²) < 4.78 is 0. The highest BCUT2D eigenvalue weighted by Crippen LogP contribution is 2.20. The molecule has 0 spiro atoms. The zero-order chi connectivity index (χ0) is 10.8. The Kier molecular flexibility index (Phi) is 2.86. The van der Waals surface area contributed by atoms with Crippen LogP contribution in [0.25, 0.3) is 0 Å². The number of rotatable bonds is 3. The van der Waals surface area contributed by atoms with E-state index in [4.69, 9.17) is 11.5 Å². The van der Waals surface area contributed by atoms with Gasteiger partial charge in [-0.3, -0.25) is 9.59 Å². The molecule has 4 heteroatoms. The fourth-order valence-corrected chi connectivity index (χ4v) is 1.38. The molecule has 0 amide bonds. The zero-order valence-corrected chi connectivity index (χ0v) is 8.12. The molecule has 1 unspecified atom stereocenters. The highest BCUT2D eigenvalue weighted by molar-refractivity contribution is 6.04. The summed E-state index contributed by atoms with van der Waals surface area (Å²) in [5, 5.41) is 0. The fourth-order valence-electron chi connectivity index (χ4n) is 1.38. The molecule has 0 saturated carbocycles. The van der Waals surface area contributed by atoms with Gasteiger partial charge >= 0.3 is 0 Å². The molecule has 1 aliphatic rings. The quantitative estimate of drug-likeness (QED) is 0.621. The molecular weight excluding hydrogens is 180 g/mol. The minimum Gasteiger partial charge on any atom is -0.402 e. The maximum absolute atomic E-state index is 11.6. The fraction of sp³-hybridized carbons (Fsp3) is 0.400. The van der Waals surface area contributed by atoms with Crippen LogP contribution in [0.4, 0.5) is 0 Å². The van der Waals surface area contributed by atoms with Crippen molar-refractivity contribution in [1.82, 2.24) is 0 Å². The number of hydrogen-bond acceptors (Lipinski definition) is 4. The largest absolute Gasteiger partial charge is 0.402 e. The van der Waals surface area contributed by atoms with Crippen molar-refractivity contribution in [3.05, 3.63) is 23.9 Å². The van der Waals surface area contributed by atoms with Gasteiger partial charge in [-0.1, -0.05) is 12.2 Å². The summed E-state index contributed by atoms with van der Waals surface area (Å²) in [7, 11) is 0. The van der Waals surface area contributed by atoms with Crippen molar-refractivity contribution in [3.63, 3.8) is 0 Å². The third kappa shape index (κ3) is 2.29. The zero-order valence-electron chi connectivity index (χ0n) is 8.12. The van der Waals surface area contributed by atoms with E-state index in [1.807, 2.05) is 0 Å². The lowest BCUT2D eigenvalue weighted by molar-refractivity contribution is -0.128. The molecule has 76 valence electrons. The van der Waals surface area contributed by atoms with Crippen LogP contribution in [0.3, 0.4) is 0 Å². The maximum atomic E-state index is 11.6. The van der Waals surface area contributed by atoms with Gasteiger partial charge in [0.05, 0.1) is 12.0 Å². The Morgan fingerprint density at radius 3 is 2.71 bits per heavy atom. The second kappa shape index (κ2) is 3.75. The number of ketones is 2. The Morgan fingerprint density at radius 1 is 1.57 bits per heavy atom. The van der Waals surface area contributed by atoms with Crippen molar-refractivity contribution in [3.8, 4) is 0 Å². The van der Waals surface area contributed by atoms with Gasteiger partial charge in [0.1, 0.15) is 5.78 Å². The Bertz CT molecular complexity index is 331. The first-order valence-corrected chi connectivity index (χ1v) is 4.39. The molecule has 0 aliphatic heterocycles. The highest BCUT2D eigenvalue weighted by atomic mass is 16.1. The van der Waals surface area contributed by atoms with Gasteiger partial charge in [0.25, 0.3) is 0 Å². The van der Waals surface area contributed by atoms with Crippen LogP contribution in [0.2, 0.25) is 0 Å². The Labute approximate surface area is 82.6 Å². The topological polar surface area (TPSA) is 86.2 Å². The van der Waals surface area contributed by atoms with E-state index < -0.39 is 5.54 Å². The lowest BCUT2D eigenvalue weighted by Gasteiger charge is -2.26. The molecule has 14 heavy (non-hydrogen) atoms. The summed E-state index contributed by atoms with van der Waals surface area (Å²) in [4.78, 5) is 22.4. The van der Waals surface area contributed by atoms with Gasteiger partial charge in [0.2, 0.25) is 0 Å². The van der Waals surface area contributed by atoms with Gasteiger partial charge in [0, 0.05) is 12.1 Å². The highest BCUT2D eigenvalue weighted by Gasteiger charge is 2.33. The minimum atomic E-state index is -1.09. The number of Topliss-reactive ketones (excluding diaryl/α,β-unsaturated/α-hetero) is 2. The Balaban J connectivity index is 2.77. The summed E-state index contributed by atoms with van der Waals surface area (Å²) in [6.45, 7) is 1.37. The van der Waals surface area contributed by atoms with Crippen molar-refractivity contribution in [2.24, 2.45) is 11.5 Å². The molecule has 0 bridgehead atoms.